The summed E-state index contributed by atoms with van der Waals surface area (Å²) in [6.07, 6.45) is -0.409. The summed E-state index contributed by atoms with van der Waals surface area (Å²) in [5, 5.41) is 6.67. The van der Waals surface area contributed by atoms with E-state index in [2.05, 4.69) is 10.5 Å². The van der Waals surface area contributed by atoms with Crippen molar-refractivity contribution in [1.82, 2.24) is 5.16 Å². The van der Waals surface area contributed by atoms with Gasteiger partial charge in [0.1, 0.15) is 29.4 Å². The van der Waals surface area contributed by atoms with Gasteiger partial charge in [-0.2, -0.15) is 0 Å². The fourth-order valence-electron chi connectivity index (χ4n) is 3.08. The van der Waals surface area contributed by atoms with E-state index in [-0.39, 0.29) is 27.6 Å². The highest BCUT2D eigenvalue weighted by Crippen LogP contribution is 2.34. The molecule has 1 saturated heterocycles. The van der Waals surface area contributed by atoms with Gasteiger partial charge in [0.2, 0.25) is 0 Å². The third-order valence-corrected chi connectivity index (χ3v) is 4.80. The van der Waals surface area contributed by atoms with E-state index in [9.17, 15) is 14.0 Å². The molecule has 0 unspecified atom stereocenters. The van der Waals surface area contributed by atoms with Crippen molar-refractivity contribution in [2.24, 2.45) is 0 Å². The predicted molar refractivity (Wildman–Crippen MR) is 105 cm³/mol. The second-order valence-electron chi connectivity index (χ2n) is 6.33. The summed E-state index contributed by atoms with van der Waals surface area (Å²) in [5.41, 5.74) is 1.26. The van der Waals surface area contributed by atoms with Crippen molar-refractivity contribution in [3.8, 4) is 11.3 Å². The molecular formula is C20H15ClFN3O4. The van der Waals surface area contributed by atoms with E-state index in [0.29, 0.717) is 24.5 Å². The van der Waals surface area contributed by atoms with Gasteiger partial charge in [0.05, 0.1) is 17.1 Å². The number of carbonyl (C=O) groups excluding carboxylic acids is 2. The van der Waals surface area contributed by atoms with Gasteiger partial charge in [-0.3, -0.25) is 9.69 Å². The van der Waals surface area contributed by atoms with Crippen LogP contribution in [0.1, 0.15) is 16.1 Å². The number of amides is 2. The Bertz CT molecular complexity index is 1080. The molecule has 7 nitrogen and oxygen atoms in total. The van der Waals surface area contributed by atoms with Crippen LogP contribution in [0.15, 0.2) is 47.0 Å². The summed E-state index contributed by atoms with van der Waals surface area (Å²) >= 11 is 6.11. The van der Waals surface area contributed by atoms with Gasteiger partial charge in [-0.15, -0.1) is 0 Å². The van der Waals surface area contributed by atoms with Gasteiger partial charge in [-0.1, -0.05) is 22.8 Å². The van der Waals surface area contributed by atoms with Crippen molar-refractivity contribution in [2.45, 2.75) is 6.92 Å². The van der Waals surface area contributed by atoms with Crippen molar-refractivity contribution < 1.29 is 23.2 Å². The summed E-state index contributed by atoms with van der Waals surface area (Å²) in [5.74, 6) is -0.902. The zero-order valence-corrected chi connectivity index (χ0v) is 16.0. The van der Waals surface area contributed by atoms with Gasteiger partial charge in [-0.25, -0.2) is 9.18 Å². The number of rotatable bonds is 4. The molecule has 9 heteroatoms. The lowest BCUT2D eigenvalue weighted by Gasteiger charge is -2.13. The van der Waals surface area contributed by atoms with E-state index < -0.39 is 17.8 Å². The molecule has 0 atom stereocenters. The number of benzene rings is 2. The fourth-order valence-corrected chi connectivity index (χ4v) is 3.33. The molecule has 2 amide bonds. The van der Waals surface area contributed by atoms with Crippen LogP contribution in [0.25, 0.3) is 11.3 Å². The number of aromatic nitrogens is 1. The second kappa shape index (κ2) is 7.56. The van der Waals surface area contributed by atoms with Crippen LogP contribution in [0.3, 0.4) is 0 Å². The zero-order valence-electron chi connectivity index (χ0n) is 15.2. The molecule has 2 heterocycles. The van der Waals surface area contributed by atoms with E-state index in [0.717, 1.165) is 0 Å². The highest BCUT2D eigenvalue weighted by atomic mass is 35.5. The van der Waals surface area contributed by atoms with E-state index in [1.807, 2.05) is 0 Å². The molecule has 0 bridgehead atoms. The molecule has 0 radical (unpaired) electrons. The van der Waals surface area contributed by atoms with Gasteiger partial charge < -0.3 is 14.6 Å². The molecule has 0 aliphatic carbocycles. The Morgan fingerprint density at radius 1 is 1.24 bits per heavy atom. The van der Waals surface area contributed by atoms with E-state index in [1.165, 1.54) is 23.1 Å². The number of hydrogen-bond donors (Lipinski definition) is 1. The van der Waals surface area contributed by atoms with Crippen LogP contribution >= 0.6 is 11.6 Å². The Balaban J connectivity index is 1.60. The number of aryl methyl sites for hydroxylation is 1. The van der Waals surface area contributed by atoms with Crippen molar-refractivity contribution in [1.29, 1.82) is 0 Å². The van der Waals surface area contributed by atoms with Gasteiger partial charge in [0.25, 0.3) is 5.91 Å². The molecule has 3 aromatic rings. The van der Waals surface area contributed by atoms with Crippen LogP contribution in [0.5, 0.6) is 0 Å². The van der Waals surface area contributed by atoms with Crippen LogP contribution in [0, 0.1) is 12.7 Å². The number of nitrogens with zero attached hydrogens (tertiary/aromatic N) is 2. The minimum atomic E-state index is -0.610. The molecule has 4 rings (SSSR count). The van der Waals surface area contributed by atoms with Crippen molar-refractivity contribution >= 4 is 35.0 Å². The van der Waals surface area contributed by atoms with Crippen LogP contribution in [-0.4, -0.2) is 30.3 Å². The molecule has 1 fully saturated rings. The van der Waals surface area contributed by atoms with Crippen LogP contribution in [0.4, 0.5) is 20.6 Å². The highest BCUT2D eigenvalue weighted by molar-refractivity contribution is 6.33. The Labute approximate surface area is 170 Å². The fraction of sp³-hybridized carbons (Fsp3) is 0.150. The SMILES string of the molecule is Cc1onc(-c2c(F)cccc2Cl)c1C(=O)Nc1ccc(N2CCOC2=O)cc1. The van der Waals surface area contributed by atoms with Crippen molar-refractivity contribution in [3.05, 3.63) is 64.6 Å². The highest BCUT2D eigenvalue weighted by Gasteiger charge is 2.26. The monoisotopic (exact) mass is 415 g/mol. The number of anilines is 2. The number of carbonyl (C=O) groups is 2. The lowest BCUT2D eigenvalue weighted by Crippen LogP contribution is -2.23. The first kappa shape index (κ1) is 18.9. The largest absolute Gasteiger partial charge is 0.447 e. The third kappa shape index (κ3) is 3.54. The summed E-state index contributed by atoms with van der Waals surface area (Å²) in [6.45, 7) is 2.37. The van der Waals surface area contributed by atoms with Crippen LogP contribution < -0.4 is 10.2 Å². The number of halogens is 2. The Morgan fingerprint density at radius 3 is 2.66 bits per heavy atom. The molecule has 0 spiro atoms. The topological polar surface area (TPSA) is 84.7 Å². The molecule has 1 aliphatic heterocycles. The molecule has 148 valence electrons. The summed E-state index contributed by atoms with van der Waals surface area (Å²) < 4.78 is 24.3. The maximum Gasteiger partial charge on any atom is 0.414 e. The molecule has 1 N–H and O–H groups in total. The summed E-state index contributed by atoms with van der Waals surface area (Å²) in [6, 6.07) is 10.9. The molecule has 1 aliphatic rings. The van der Waals surface area contributed by atoms with Gasteiger partial charge >= 0.3 is 6.09 Å². The molecular weight excluding hydrogens is 401 g/mol. The first-order valence-corrected chi connectivity index (χ1v) is 9.10. The van der Waals surface area contributed by atoms with Crippen LogP contribution in [0.2, 0.25) is 5.02 Å². The number of ether oxygens (including phenoxy) is 1. The lowest BCUT2D eigenvalue weighted by molar-refractivity contribution is 0.102. The molecule has 0 saturated carbocycles. The van der Waals surface area contributed by atoms with E-state index >= 15 is 0 Å². The third-order valence-electron chi connectivity index (χ3n) is 4.49. The standard InChI is InChI=1S/C20H15ClFN3O4/c1-11-16(18(24-29-11)17-14(21)3-2-4-15(17)22)19(26)23-12-5-7-13(8-6-12)25-9-10-28-20(25)27/h2-8H,9-10H2,1H3,(H,23,26). The Morgan fingerprint density at radius 2 is 2.00 bits per heavy atom. The summed E-state index contributed by atoms with van der Waals surface area (Å²) in [4.78, 5) is 26.0. The number of hydrogen-bond acceptors (Lipinski definition) is 5. The Kier molecular flexibility index (Phi) is 4.94. The molecule has 29 heavy (non-hydrogen) atoms. The van der Waals surface area contributed by atoms with Gasteiger partial charge in [-0.05, 0) is 43.3 Å². The van der Waals surface area contributed by atoms with Crippen LogP contribution in [-0.2, 0) is 4.74 Å². The van der Waals surface area contributed by atoms with Crippen molar-refractivity contribution in [3.63, 3.8) is 0 Å². The van der Waals surface area contributed by atoms with Crippen molar-refractivity contribution in [2.75, 3.05) is 23.4 Å². The second-order valence-corrected chi connectivity index (χ2v) is 6.73. The smallest absolute Gasteiger partial charge is 0.414 e. The molecule has 1 aromatic heterocycles. The van der Waals surface area contributed by atoms with Gasteiger partial charge in [0.15, 0.2) is 0 Å². The quantitative estimate of drug-likeness (QED) is 0.670. The van der Waals surface area contributed by atoms with Gasteiger partial charge in [0, 0.05) is 11.4 Å². The summed E-state index contributed by atoms with van der Waals surface area (Å²) in [7, 11) is 0. The first-order valence-electron chi connectivity index (χ1n) is 8.72. The maximum atomic E-state index is 14.3. The minimum absolute atomic E-state index is 0.000870. The molecule has 2 aromatic carbocycles. The maximum absolute atomic E-state index is 14.3. The normalized spacial score (nSPS) is 13.5. The average molecular weight is 416 g/mol. The first-order chi connectivity index (χ1) is 14.0. The van der Waals surface area contributed by atoms with E-state index in [1.54, 1.807) is 31.2 Å². The predicted octanol–water partition coefficient (Wildman–Crippen LogP) is 4.65. The Hall–Kier alpha value is -3.39. The lowest BCUT2D eigenvalue weighted by atomic mass is 10.0. The number of nitrogens with one attached hydrogen (secondary N) is 1. The number of cyclic esters (lactones) is 1. The van der Waals surface area contributed by atoms with E-state index in [4.69, 9.17) is 20.9 Å². The average Bonchev–Trinajstić information content (AvgIpc) is 3.28. The minimum Gasteiger partial charge on any atom is -0.447 e. The zero-order chi connectivity index (χ0) is 20.5.